The molecule has 1 aliphatic rings. The van der Waals surface area contributed by atoms with Crippen molar-refractivity contribution in [1.29, 1.82) is 0 Å². The van der Waals surface area contributed by atoms with Crippen molar-refractivity contribution in [3.63, 3.8) is 0 Å². The lowest BCUT2D eigenvalue weighted by atomic mass is 10.1. The molecule has 0 aliphatic heterocycles. The van der Waals surface area contributed by atoms with Crippen molar-refractivity contribution < 1.29 is 4.79 Å². The van der Waals surface area contributed by atoms with Gasteiger partial charge < -0.3 is 5.32 Å². The summed E-state index contributed by atoms with van der Waals surface area (Å²) in [5.74, 6) is -0.193. The van der Waals surface area contributed by atoms with Crippen LogP contribution in [-0.4, -0.2) is 20.5 Å². The van der Waals surface area contributed by atoms with Crippen LogP contribution in [0.2, 0.25) is 0 Å². The second-order valence-corrected chi connectivity index (χ2v) is 6.37. The van der Waals surface area contributed by atoms with E-state index in [1.807, 2.05) is 32.0 Å². The number of anilines is 1. The van der Waals surface area contributed by atoms with Crippen LogP contribution in [0, 0.1) is 13.8 Å². The third kappa shape index (κ3) is 2.38. The number of aromatic nitrogens is 3. The van der Waals surface area contributed by atoms with Crippen molar-refractivity contribution in [2.75, 3.05) is 5.32 Å². The molecular weight excluding hydrogens is 300 g/mol. The molecule has 5 nitrogen and oxygen atoms in total. The van der Waals surface area contributed by atoms with E-state index in [2.05, 4.69) is 34.5 Å². The molecule has 0 bridgehead atoms. The molecule has 0 atom stereocenters. The summed E-state index contributed by atoms with van der Waals surface area (Å²) in [7, 11) is 0. The monoisotopic (exact) mass is 318 g/mol. The zero-order chi connectivity index (χ0) is 16.8. The van der Waals surface area contributed by atoms with E-state index in [1.54, 1.807) is 10.7 Å². The fourth-order valence-electron chi connectivity index (χ4n) is 3.21. The van der Waals surface area contributed by atoms with E-state index in [0.29, 0.717) is 11.2 Å². The molecule has 2 aromatic heterocycles. The first-order valence-corrected chi connectivity index (χ1v) is 7.95. The maximum Gasteiger partial charge on any atom is 0.261 e. The third-order valence-corrected chi connectivity index (χ3v) is 4.30. The summed E-state index contributed by atoms with van der Waals surface area (Å²) in [6.07, 6.45) is 4.72. The summed E-state index contributed by atoms with van der Waals surface area (Å²) >= 11 is 0. The number of carbonyl (C=O) groups is 1. The highest BCUT2D eigenvalue weighted by atomic mass is 16.1. The first-order valence-electron chi connectivity index (χ1n) is 7.95. The Morgan fingerprint density at radius 2 is 2.04 bits per heavy atom. The molecule has 5 heteroatoms. The van der Waals surface area contributed by atoms with Crippen molar-refractivity contribution in [1.82, 2.24) is 14.6 Å². The van der Waals surface area contributed by atoms with Gasteiger partial charge in [0.15, 0.2) is 5.65 Å². The first-order chi connectivity index (χ1) is 11.5. The summed E-state index contributed by atoms with van der Waals surface area (Å²) < 4.78 is 1.69. The van der Waals surface area contributed by atoms with E-state index in [1.165, 1.54) is 16.7 Å². The second kappa shape index (κ2) is 5.30. The van der Waals surface area contributed by atoms with Gasteiger partial charge in [-0.3, -0.25) is 4.79 Å². The van der Waals surface area contributed by atoms with Crippen molar-refractivity contribution in [3.8, 4) is 0 Å². The summed E-state index contributed by atoms with van der Waals surface area (Å²) in [5, 5.41) is 7.23. The lowest BCUT2D eigenvalue weighted by Crippen LogP contribution is -2.12. The van der Waals surface area contributed by atoms with Gasteiger partial charge in [0.25, 0.3) is 5.91 Å². The summed E-state index contributed by atoms with van der Waals surface area (Å²) in [6, 6.07) is 7.97. The Hall–Kier alpha value is -2.95. The van der Waals surface area contributed by atoms with Gasteiger partial charge in [0.05, 0.1) is 6.20 Å². The molecule has 0 spiro atoms. The molecule has 0 fully saturated rings. The van der Waals surface area contributed by atoms with E-state index in [-0.39, 0.29) is 5.91 Å². The van der Waals surface area contributed by atoms with E-state index in [0.717, 1.165) is 23.5 Å². The Balaban J connectivity index is 1.67. The number of rotatable bonds is 2. The molecule has 2 heterocycles. The van der Waals surface area contributed by atoms with E-state index in [4.69, 9.17) is 0 Å². The molecule has 1 aromatic carbocycles. The number of amides is 1. The molecular formula is C19H18N4O. The number of benzene rings is 1. The van der Waals surface area contributed by atoms with Crippen LogP contribution in [-0.2, 0) is 6.42 Å². The number of fused-ring (bicyclic) bond motifs is 2. The highest BCUT2D eigenvalue weighted by Gasteiger charge is 2.17. The van der Waals surface area contributed by atoms with Gasteiger partial charge in [-0.05, 0) is 56.5 Å². The van der Waals surface area contributed by atoms with E-state index < -0.39 is 0 Å². The Morgan fingerprint density at radius 1 is 1.21 bits per heavy atom. The lowest BCUT2D eigenvalue weighted by molar-refractivity contribution is 0.102. The molecule has 0 unspecified atom stereocenters. The number of hydrogen-bond acceptors (Lipinski definition) is 3. The molecule has 4 rings (SSSR count). The average molecular weight is 318 g/mol. The predicted octanol–water partition coefficient (Wildman–Crippen LogP) is 3.56. The van der Waals surface area contributed by atoms with Crippen LogP contribution < -0.4 is 5.32 Å². The zero-order valence-corrected chi connectivity index (χ0v) is 13.9. The molecule has 120 valence electrons. The number of aryl methyl sites for hydroxylation is 2. The van der Waals surface area contributed by atoms with Crippen LogP contribution in [0.25, 0.3) is 11.7 Å². The van der Waals surface area contributed by atoms with E-state index >= 15 is 0 Å². The van der Waals surface area contributed by atoms with Crippen LogP contribution in [0.1, 0.15) is 39.8 Å². The van der Waals surface area contributed by atoms with Crippen LogP contribution in [0.4, 0.5) is 5.69 Å². The van der Waals surface area contributed by atoms with Gasteiger partial charge in [-0.25, -0.2) is 9.50 Å². The third-order valence-electron chi connectivity index (χ3n) is 4.30. The maximum absolute atomic E-state index is 12.7. The number of hydrogen-bond donors (Lipinski definition) is 1. The van der Waals surface area contributed by atoms with Crippen LogP contribution >= 0.6 is 0 Å². The lowest BCUT2D eigenvalue weighted by Gasteiger charge is -2.07. The molecule has 1 aliphatic carbocycles. The molecule has 0 saturated carbocycles. The topological polar surface area (TPSA) is 59.3 Å². The normalized spacial score (nSPS) is 13.0. The van der Waals surface area contributed by atoms with Gasteiger partial charge in [-0.1, -0.05) is 17.7 Å². The quantitative estimate of drug-likeness (QED) is 0.786. The van der Waals surface area contributed by atoms with Crippen LogP contribution in [0.3, 0.4) is 0 Å². The molecule has 1 amide bonds. The van der Waals surface area contributed by atoms with E-state index in [9.17, 15) is 4.79 Å². The summed E-state index contributed by atoms with van der Waals surface area (Å²) in [5.41, 5.74) is 7.49. The number of carbonyl (C=O) groups excluding carboxylic acids is 1. The largest absolute Gasteiger partial charge is 0.322 e. The number of nitrogens with one attached hydrogen (secondary N) is 1. The molecule has 1 N–H and O–H groups in total. The Morgan fingerprint density at radius 3 is 2.88 bits per heavy atom. The fourth-order valence-corrected chi connectivity index (χ4v) is 3.21. The standard InChI is InChI=1S/C19H18N4O/c1-11-6-14-4-5-16(9-15(14)7-11)22-19(24)17-10-20-23-13(3)8-12(2)21-18(17)23/h4-5,7-10H,6H2,1-3H3,(H,22,24). The zero-order valence-electron chi connectivity index (χ0n) is 13.9. The van der Waals surface area contributed by atoms with Crippen LogP contribution in [0.15, 0.2) is 36.0 Å². The first kappa shape index (κ1) is 14.6. The van der Waals surface area contributed by atoms with Gasteiger partial charge in [0.2, 0.25) is 0 Å². The highest BCUT2D eigenvalue weighted by Crippen LogP contribution is 2.27. The Labute approximate surface area is 140 Å². The summed E-state index contributed by atoms with van der Waals surface area (Å²) in [4.78, 5) is 17.1. The number of allylic oxidation sites excluding steroid dienone is 1. The van der Waals surface area contributed by atoms with Crippen molar-refractivity contribution in [2.45, 2.75) is 27.2 Å². The number of nitrogens with zero attached hydrogens (tertiary/aromatic N) is 3. The van der Waals surface area contributed by atoms with Gasteiger partial charge in [-0.2, -0.15) is 5.10 Å². The van der Waals surface area contributed by atoms with Crippen molar-refractivity contribution in [2.24, 2.45) is 0 Å². The van der Waals surface area contributed by atoms with Gasteiger partial charge in [0, 0.05) is 17.1 Å². The van der Waals surface area contributed by atoms with Crippen molar-refractivity contribution in [3.05, 3.63) is 64.1 Å². The minimum absolute atomic E-state index is 0.193. The molecule has 24 heavy (non-hydrogen) atoms. The molecule has 3 aromatic rings. The molecule has 0 radical (unpaired) electrons. The minimum atomic E-state index is -0.193. The SMILES string of the molecule is CC1=Cc2cc(NC(=O)c3cnn4c(C)cc(C)nc34)ccc2C1. The maximum atomic E-state index is 12.7. The van der Waals surface area contributed by atoms with Gasteiger partial charge in [0.1, 0.15) is 5.56 Å². The second-order valence-electron chi connectivity index (χ2n) is 6.37. The summed E-state index contributed by atoms with van der Waals surface area (Å²) in [6.45, 7) is 5.98. The minimum Gasteiger partial charge on any atom is -0.322 e. The van der Waals surface area contributed by atoms with Crippen molar-refractivity contribution >= 4 is 23.3 Å². The Kier molecular flexibility index (Phi) is 3.23. The Bertz CT molecular complexity index is 1010. The smallest absolute Gasteiger partial charge is 0.261 e. The average Bonchev–Trinajstić information content (AvgIpc) is 3.09. The fraction of sp³-hybridized carbons (Fsp3) is 0.211. The predicted molar refractivity (Wildman–Crippen MR) is 94.2 cm³/mol. The van der Waals surface area contributed by atoms with Crippen LogP contribution in [0.5, 0.6) is 0 Å². The van der Waals surface area contributed by atoms with Gasteiger partial charge in [-0.15, -0.1) is 0 Å². The highest BCUT2D eigenvalue weighted by molar-refractivity contribution is 6.08. The van der Waals surface area contributed by atoms with Gasteiger partial charge >= 0.3 is 0 Å². The molecule has 0 saturated heterocycles.